The number of anilines is 3. The lowest BCUT2D eigenvalue weighted by Gasteiger charge is -2.39. The summed E-state index contributed by atoms with van der Waals surface area (Å²) < 4.78 is 0. The first-order valence-corrected chi connectivity index (χ1v) is 10.6. The summed E-state index contributed by atoms with van der Waals surface area (Å²) in [6.07, 6.45) is 7.06. The molecule has 2 aliphatic heterocycles. The smallest absolute Gasteiger partial charge is 0.153 e. The monoisotopic (exact) mass is 402 g/mol. The molecule has 8 heteroatoms. The lowest BCUT2D eigenvalue weighted by molar-refractivity contribution is 0.136. The second-order valence-corrected chi connectivity index (χ2v) is 8.33. The van der Waals surface area contributed by atoms with E-state index in [9.17, 15) is 0 Å². The van der Waals surface area contributed by atoms with Gasteiger partial charge in [-0.2, -0.15) is 10.4 Å². The minimum absolute atomic E-state index is 0.384. The summed E-state index contributed by atoms with van der Waals surface area (Å²) in [7, 11) is 0. The summed E-state index contributed by atoms with van der Waals surface area (Å²) in [5.74, 6) is 2.33. The molecular weight excluding hydrogens is 376 g/mol. The average Bonchev–Trinajstić information content (AvgIpc) is 3.25. The van der Waals surface area contributed by atoms with Crippen LogP contribution in [0.2, 0.25) is 0 Å². The van der Waals surface area contributed by atoms with Gasteiger partial charge in [-0.05, 0) is 44.7 Å². The second kappa shape index (κ2) is 7.92. The standard InChI is InChI=1S/C22H26N8/c1-14-10-21(29-28-14)27-22-18-4-2-8-24-19(18)13-20(26-22)25-15-11-16-5-6-17(12-15)30(16)9-3-7-23/h2,4,8,10,13,15-17H,3,5-6,9,11-12H2,1H3,(H3,25,26,27,28,29)/t15-,16-,17?/m0/s1. The number of nitrogens with one attached hydrogen (secondary N) is 3. The first-order valence-electron chi connectivity index (χ1n) is 10.6. The number of rotatable bonds is 6. The highest BCUT2D eigenvalue weighted by molar-refractivity contribution is 5.92. The fourth-order valence-electron chi connectivity index (χ4n) is 4.99. The largest absolute Gasteiger partial charge is 0.367 e. The molecule has 0 aliphatic carbocycles. The Bertz CT molecular complexity index is 1070. The van der Waals surface area contributed by atoms with Crippen LogP contribution in [-0.2, 0) is 0 Å². The first-order chi connectivity index (χ1) is 14.7. The maximum Gasteiger partial charge on any atom is 0.153 e. The SMILES string of the molecule is Cc1cc(Nc2nc(N[C@@H]3CC4CC[C@@H](C3)N4CCC#N)cc3ncccc23)n[nH]1. The first kappa shape index (κ1) is 18.8. The summed E-state index contributed by atoms with van der Waals surface area (Å²) >= 11 is 0. The Morgan fingerprint density at radius 2 is 2.07 bits per heavy atom. The van der Waals surface area contributed by atoms with Crippen LogP contribution < -0.4 is 10.6 Å². The highest BCUT2D eigenvalue weighted by Crippen LogP contribution is 2.37. The Labute approximate surface area is 175 Å². The van der Waals surface area contributed by atoms with Gasteiger partial charge < -0.3 is 10.6 Å². The van der Waals surface area contributed by atoms with E-state index in [-0.39, 0.29) is 0 Å². The molecule has 5 rings (SSSR count). The van der Waals surface area contributed by atoms with E-state index in [1.807, 2.05) is 37.4 Å². The third kappa shape index (κ3) is 3.68. The molecule has 2 aliphatic rings. The fraction of sp³-hybridized carbons (Fsp3) is 0.455. The van der Waals surface area contributed by atoms with Crippen molar-refractivity contribution in [1.82, 2.24) is 25.1 Å². The van der Waals surface area contributed by atoms with E-state index >= 15 is 0 Å². The van der Waals surface area contributed by atoms with Crippen molar-refractivity contribution in [2.75, 3.05) is 17.2 Å². The number of hydrogen-bond donors (Lipinski definition) is 3. The summed E-state index contributed by atoms with van der Waals surface area (Å²) in [4.78, 5) is 12.0. The van der Waals surface area contributed by atoms with Gasteiger partial charge in [0, 0.05) is 60.5 Å². The molecule has 0 radical (unpaired) electrons. The van der Waals surface area contributed by atoms with E-state index in [4.69, 9.17) is 10.2 Å². The van der Waals surface area contributed by atoms with Crippen LogP contribution in [0.15, 0.2) is 30.5 Å². The van der Waals surface area contributed by atoms with Crippen LogP contribution in [0.3, 0.4) is 0 Å². The molecule has 154 valence electrons. The average molecular weight is 403 g/mol. The Kier molecular flexibility index (Phi) is 4.97. The van der Waals surface area contributed by atoms with Gasteiger partial charge in [0.1, 0.15) is 11.6 Å². The quantitative estimate of drug-likeness (QED) is 0.577. The number of piperidine rings is 1. The van der Waals surface area contributed by atoms with Gasteiger partial charge in [-0.3, -0.25) is 15.0 Å². The van der Waals surface area contributed by atoms with E-state index in [1.165, 1.54) is 12.8 Å². The molecule has 3 N–H and O–H groups in total. The van der Waals surface area contributed by atoms with E-state index in [1.54, 1.807) is 0 Å². The number of nitrogens with zero attached hydrogens (tertiary/aromatic N) is 5. The molecule has 2 saturated heterocycles. The van der Waals surface area contributed by atoms with Crippen molar-refractivity contribution in [3.05, 3.63) is 36.2 Å². The van der Waals surface area contributed by atoms with Crippen molar-refractivity contribution in [1.29, 1.82) is 5.26 Å². The number of fused-ring (bicyclic) bond motifs is 3. The topological polar surface area (TPSA) is 106 Å². The van der Waals surface area contributed by atoms with E-state index in [0.717, 1.165) is 53.4 Å². The Morgan fingerprint density at radius 3 is 2.80 bits per heavy atom. The minimum atomic E-state index is 0.384. The molecule has 5 heterocycles. The molecule has 0 spiro atoms. The van der Waals surface area contributed by atoms with Crippen LogP contribution in [0.4, 0.5) is 17.5 Å². The third-order valence-electron chi connectivity index (χ3n) is 6.27. The van der Waals surface area contributed by atoms with Crippen LogP contribution >= 0.6 is 0 Å². The van der Waals surface area contributed by atoms with Crippen LogP contribution in [0.5, 0.6) is 0 Å². The number of hydrogen-bond acceptors (Lipinski definition) is 7. The van der Waals surface area contributed by atoms with Crippen molar-refractivity contribution in [2.45, 2.75) is 57.2 Å². The zero-order valence-electron chi connectivity index (χ0n) is 17.1. The van der Waals surface area contributed by atoms with Crippen molar-refractivity contribution < 1.29 is 0 Å². The van der Waals surface area contributed by atoms with Crippen molar-refractivity contribution in [3.8, 4) is 6.07 Å². The number of aromatic amines is 1. The third-order valence-corrected chi connectivity index (χ3v) is 6.27. The number of nitriles is 1. The maximum atomic E-state index is 8.94. The van der Waals surface area contributed by atoms with Crippen molar-refractivity contribution in [2.24, 2.45) is 0 Å². The number of pyridine rings is 2. The van der Waals surface area contributed by atoms with Crippen LogP contribution in [0.1, 0.15) is 37.8 Å². The highest BCUT2D eigenvalue weighted by atomic mass is 15.2. The summed E-state index contributed by atoms with van der Waals surface area (Å²) in [6, 6.07) is 11.7. The summed E-state index contributed by atoms with van der Waals surface area (Å²) in [6.45, 7) is 2.87. The normalized spacial score (nSPS) is 23.4. The lowest BCUT2D eigenvalue weighted by atomic mass is 9.97. The van der Waals surface area contributed by atoms with Gasteiger partial charge in [-0.25, -0.2) is 4.98 Å². The van der Waals surface area contributed by atoms with E-state index in [2.05, 4.69) is 36.8 Å². The molecular formula is C22H26N8. The maximum absolute atomic E-state index is 8.94. The van der Waals surface area contributed by atoms with Crippen molar-refractivity contribution >= 4 is 28.4 Å². The van der Waals surface area contributed by atoms with Crippen LogP contribution in [0, 0.1) is 18.3 Å². The van der Waals surface area contributed by atoms with E-state index in [0.29, 0.717) is 24.5 Å². The molecule has 2 fully saturated rings. The zero-order chi connectivity index (χ0) is 20.5. The highest BCUT2D eigenvalue weighted by Gasteiger charge is 2.40. The predicted molar refractivity (Wildman–Crippen MR) is 117 cm³/mol. The molecule has 0 amide bonds. The number of H-pyrrole nitrogens is 1. The van der Waals surface area contributed by atoms with E-state index < -0.39 is 0 Å². The molecule has 8 nitrogen and oxygen atoms in total. The lowest BCUT2D eigenvalue weighted by Crippen LogP contribution is -2.47. The van der Waals surface area contributed by atoms with Crippen molar-refractivity contribution in [3.63, 3.8) is 0 Å². The zero-order valence-corrected chi connectivity index (χ0v) is 17.1. The molecule has 3 aromatic rings. The molecule has 0 aromatic carbocycles. The summed E-state index contributed by atoms with van der Waals surface area (Å²) in [5, 5.41) is 24.1. The molecule has 3 aromatic heterocycles. The second-order valence-electron chi connectivity index (χ2n) is 8.33. The molecule has 3 atom stereocenters. The Hall–Kier alpha value is -3.18. The summed E-state index contributed by atoms with van der Waals surface area (Å²) in [5.41, 5.74) is 1.90. The van der Waals surface area contributed by atoms with Gasteiger partial charge in [0.2, 0.25) is 0 Å². The van der Waals surface area contributed by atoms with Gasteiger partial charge >= 0.3 is 0 Å². The van der Waals surface area contributed by atoms with Gasteiger partial charge in [-0.15, -0.1) is 0 Å². The predicted octanol–water partition coefficient (Wildman–Crippen LogP) is 3.73. The number of aromatic nitrogens is 4. The van der Waals surface area contributed by atoms with Crippen LogP contribution in [-0.4, -0.2) is 49.7 Å². The molecule has 1 unspecified atom stereocenters. The van der Waals surface area contributed by atoms with Gasteiger partial charge in [0.05, 0.1) is 11.6 Å². The Balaban J connectivity index is 1.37. The fourth-order valence-corrected chi connectivity index (χ4v) is 4.99. The van der Waals surface area contributed by atoms with Gasteiger partial charge in [-0.1, -0.05) is 0 Å². The Morgan fingerprint density at radius 1 is 1.23 bits per heavy atom. The molecule has 30 heavy (non-hydrogen) atoms. The van der Waals surface area contributed by atoms with Gasteiger partial charge in [0.25, 0.3) is 0 Å². The van der Waals surface area contributed by atoms with Gasteiger partial charge in [0.15, 0.2) is 5.82 Å². The molecule has 0 saturated carbocycles. The molecule has 2 bridgehead atoms. The minimum Gasteiger partial charge on any atom is -0.367 e. The van der Waals surface area contributed by atoms with Crippen LogP contribution in [0.25, 0.3) is 10.9 Å². The number of aryl methyl sites for hydroxylation is 1.